The van der Waals surface area contributed by atoms with E-state index in [1.165, 1.54) is 6.26 Å². The van der Waals surface area contributed by atoms with Gasteiger partial charge < -0.3 is 10.2 Å². The van der Waals surface area contributed by atoms with Crippen molar-refractivity contribution in [2.75, 3.05) is 11.1 Å². The maximum atomic E-state index is 11.7. The summed E-state index contributed by atoms with van der Waals surface area (Å²) in [6, 6.07) is 6.80. The fourth-order valence-electron chi connectivity index (χ4n) is 1.22. The van der Waals surface area contributed by atoms with Crippen LogP contribution in [0.5, 0.6) is 0 Å². The molecule has 0 aliphatic carbocycles. The van der Waals surface area contributed by atoms with E-state index < -0.39 is 0 Å². The Balaban J connectivity index is 2.11. The lowest BCUT2D eigenvalue weighted by atomic mass is 10.2. The molecule has 0 saturated carbocycles. The van der Waals surface area contributed by atoms with E-state index >= 15 is 0 Å². The topological polar surface area (TPSA) is 81.2 Å². The number of amides is 1. The first-order valence-corrected chi connectivity index (χ1v) is 4.74. The van der Waals surface area contributed by atoms with Crippen LogP contribution in [0, 0.1) is 6.92 Å². The van der Waals surface area contributed by atoms with Crippen molar-refractivity contribution in [1.82, 2.24) is 4.98 Å². The second kappa shape index (κ2) is 4.06. The third kappa shape index (κ3) is 2.20. The standard InChI is InChI=1S/C11H11N3O2/c1-7-6-16-11(13-7)14-10(15)8-2-4-9(12)5-3-8/h2-6H,12H2,1H3,(H,13,14,15). The third-order valence-electron chi connectivity index (χ3n) is 2.01. The van der Waals surface area contributed by atoms with Gasteiger partial charge in [0.1, 0.15) is 6.26 Å². The zero-order chi connectivity index (χ0) is 11.5. The fraction of sp³-hybridized carbons (Fsp3) is 0.0909. The van der Waals surface area contributed by atoms with Crippen molar-refractivity contribution in [1.29, 1.82) is 0 Å². The lowest BCUT2D eigenvalue weighted by Gasteiger charge is -2.00. The number of aromatic nitrogens is 1. The van der Waals surface area contributed by atoms with E-state index in [9.17, 15) is 4.79 Å². The van der Waals surface area contributed by atoms with Crippen molar-refractivity contribution >= 4 is 17.6 Å². The molecular weight excluding hydrogens is 206 g/mol. The Labute approximate surface area is 92.3 Å². The smallest absolute Gasteiger partial charge is 0.301 e. The van der Waals surface area contributed by atoms with Gasteiger partial charge in [-0.15, -0.1) is 0 Å². The summed E-state index contributed by atoms with van der Waals surface area (Å²) < 4.78 is 5.01. The molecule has 0 fully saturated rings. The number of oxazole rings is 1. The molecule has 0 spiro atoms. The highest BCUT2D eigenvalue weighted by Crippen LogP contribution is 2.10. The summed E-state index contributed by atoms with van der Waals surface area (Å²) in [5.74, 6) is -0.276. The van der Waals surface area contributed by atoms with E-state index in [-0.39, 0.29) is 11.9 Å². The molecule has 0 aliphatic rings. The minimum Gasteiger partial charge on any atom is -0.432 e. The van der Waals surface area contributed by atoms with Crippen LogP contribution in [0.1, 0.15) is 16.1 Å². The van der Waals surface area contributed by atoms with Crippen molar-refractivity contribution < 1.29 is 9.21 Å². The summed E-state index contributed by atoms with van der Waals surface area (Å²) in [6.07, 6.45) is 1.47. The SMILES string of the molecule is Cc1coc(NC(=O)c2ccc(N)cc2)n1. The van der Waals surface area contributed by atoms with Crippen molar-refractivity contribution in [2.24, 2.45) is 0 Å². The second-order valence-electron chi connectivity index (χ2n) is 3.37. The van der Waals surface area contributed by atoms with Gasteiger partial charge in [0.15, 0.2) is 0 Å². The summed E-state index contributed by atoms with van der Waals surface area (Å²) in [7, 11) is 0. The number of carbonyl (C=O) groups excluding carboxylic acids is 1. The molecule has 0 saturated heterocycles. The highest BCUT2D eigenvalue weighted by atomic mass is 16.4. The van der Waals surface area contributed by atoms with E-state index in [1.807, 2.05) is 0 Å². The molecule has 1 heterocycles. The number of nitrogen functional groups attached to an aromatic ring is 1. The van der Waals surface area contributed by atoms with Gasteiger partial charge in [-0.25, -0.2) is 0 Å². The van der Waals surface area contributed by atoms with Crippen LogP contribution in [0.25, 0.3) is 0 Å². The molecule has 16 heavy (non-hydrogen) atoms. The van der Waals surface area contributed by atoms with Gasteiger partial charge in [0, 0.05) is 11.3 Å². The van der Waals surface area contributed by atoms with Gasteiger partial charge in [0.05, 0.1) is 5.69 Å². The first-order valence-electron chi connectivity index (χ1n) is 4.74. The number of nitrogens with zero attached hydrogens (tertiary/aromatic N) is 1. The summed E-state index contributed by atoms with van der Waals surface area (Å²) in [5.41, 5.74) is 7.35. The molecule has 5 heteroatoms. The molecule has 5 nitrogen and oxygen atoms in total. The number of hydrogen-bond acceptors (Lipinski definition) is 4. The van der Waals surface area contributed by atoms with Crippen molar-refractivity contribution in [2.45, 2.75) is 6.92 Å². The maximum absolute atomic E-state index is 11.7. The zero-order valence-electron chi connectivity index (χ0n) is 8.73. The monoisotopic (exact) mass is 217 g/mol. The number of anilines is 2. The van der Waals surface area contributed by atoms with Crippen LogP contribution >= 0.6 is 0 Å². The van der Waals surface area contributed by atoms with E-state index in [2.05, 4.69) is 10.3 Å². The summed E-state index contributed by atoms with van der Waals surface area (Å²) in [4.78, 5) is 15.7. The summed E-state index contributed by atoms with van der Waals surface area (Å²) in [5, 5.41) is 2.54. The minimum absolute atomic E-state index is 0.194. The Morgan fingerprint density at radius 3 is 2.62 bits per heavy atom. The average Bonchev–Trinajstić information content (AvgIpc) is 2.65. The lowest BCUT2D eigenvalue weighted by molar-refractivity contribution is 0.102. The molecule has 0 aliphatic heterocycles. The van der Waals surface area contributed by atoms with Crippen molar-refractivity contribution in [3.8, 4) is 0 Å². The molecule has 3 N–H and O–H groups in total. The van der Waals surface area contributed by atoms with Gasteiger partial charge in [0.25, 0.3) is 5.91 Å². The minimum atomic E-state index is -0.276. The van der Waals surface area contributed by atoms with Crippen LogP contribution < -0.4 is 11.1 Å². The number of carbonyl (C=O) groups is 1. The first-order chi connectivity index (χ1) is 7.65. The molecule has 1 aromatic heterocycles. The molecule has 0 radical (unpaired) electrons. The Hall–Kier alpha value is -2.30. The Morgan fingerprint density at radius 2 is 2.06 bits per heavy atom. The number of hydrogen-bond donors (Lipinski definition) is 2. The Morgan fingerprint density at radius 1 is 1.38 bits per heavy atom. The number of aryl methyl sites for hydroxylation is 1. The predicted molar refractivity (Wildman–Crippen MR) is 60.0 cm³/mol. The molecule has 0 bridgehead atoms. The van der Waals surface area contributed by atoms with Crippen LogP contribution in [0.15, 0.2) is 34.9 Å². The Kier molecular flexibility index (Phi) is 2.59. The predicted octanol–water partition coefficient (Wildman–Crippen LogP) is 1.82. The van der Waals surface area contributed by atoms with Gasteiger partial charge in [0.2, 0.25) is 0 Å². The summed E-state index contributed by atoms with van der Waals surface area (Å²) >= 11 is 0. The number of nitrogens with two attached hydrogens (primary N) is 1. The molecule has 1 aromatic carbocycles. The molecule has 2 aromatic rings. The van der Waals surface area contributed by atoms with Crippen LogP contribution in [-0.2, 0) is 0 Å². The molecule has 82 valence electrons. The molecular formula is C11H11N3O2. The zero-order valence-corrected chi connectivity index (χ0v) is 8.73. The van der Waals surface area contributed by atoms with Crippen LogP contribution in [0.3, 0.4) is 0 Å². The normalized spacial score (nSPS) is 10.1. The van der Waals surface area contributed by atoms with Gasteiger partial charge in [-0.2, -0.15) is 4.98 Å². The number of benzene rings is 1. The molecule has 0 unspecified atom stereocenters. The fourth-order valence-corrected chi connectivity index (χ4v) is 1.22. The second-order valence-corrected chi connectivity index (χ2v) is 3.37. The molecule has 0 atom stereocenters. The number of rotatable bonds is 2. The lowest BCUT2D eigenvalue weighted by Crippen LogP contribution is -2.12. The van der Waals surface area contributed by atoms with Crippen molar-refractivity contribution in [3.05, 3.63) is 41.8 Å². The Bertz CT molecular complexity index is 502. The third-order valence-corrected chi connectivity index (χ3v) is 2.01. The van der Waals surface area contributed by atoms with Gasteiger partial charge in [-0.3, -0.25) is 10.1 Å². The number of nitrogens with one attached hydrogen (secondary N) is 1. The van der Waals surface area contributed by atoms with Crippen LogP contribution in [0.2, 0.25) is 0 Å². The van der Waals surface area contributed by atoms with E-state index in [0.717, 1.165) is 0 Å². The average molecular weight is 217 g/mol. The van der Waals surface area contributed by atoms with Crippen LogP contribution in [0.4, 0.5) is 11.7 Å². The molecule has 2 rings (SSSR count). The van der Waals surface area contributed by atoms with E-state index in [1.54, 1.807) is 31.2 Å². The van der Waals surface area contributed by atoms with E-state index in [4.69, 9.17) is 10.2 Å². The largest absolute Gasteiger partial charge is 0.432 e. The maximum Gasteiger partial charge on any atom is 0.301 e. The molecule has 1 amide bonds. The van der Waals surface area contributed by atoms with E-state index in [0.29, 0.717) is 16.9 Å². The van der Waals surface area contributed by atoms with Gasteiger partial charge in [-0.1, -0.05) is 0 Å². The summed E-state index contributed by atoms with van der Waals surface area (Å²) in [6.45, 7) is 1.78. The van der Waals surface area contributed by atoms with Crippen molar-refractivity contribution in [3.63, 3.8) is 0 Å². The van der Waals surface area contributed by atoms with Gasteiger partial charge in [-0.05, 0) is 31.2 Å². The highest BCUT2D eigenvalue weighted by molar-refractivity contribution is 6.03. The quantitative estimate of drug-likeness (QED) is 0.752. The van der Waals surface area contributed by atoms with Gasteiger partial charge >= 0.3 is 6.01 Å². The van der Waals surface area contributed by atoms with Crippen LogP contribution in [-0.4, -0.2) is 10.9 Å². The first kappa shape index (κ1) is 10.2. The highest BCUT2D eigenvalue weighted by Gasteiger charge is 2.08.